The lowest BCUT2D eigenvalue weighted by molar-refractivity contribution is -0.129. The van der Waals surface area contributed by atoms with Crippen LogP contribution in [0, 0.1) is 0 Å². The van der Waals surface area contributed by atoms with Crippen LogP contribution in [0.15, 0.2) is 0 Å². The van der Waals surface area contributed by atoms with Gasteiger partial charge in [-0.1, -0.05) is 0 Å². The molecular weight excluding hydrogens is 261 g/mol. The van der Waals surface area contributed by atoms with Crippen molar-refractivity contribution in [2.24, 2.45) is 0 Å². The summed E-state index contributed by atoms with van der Waals surface area (Å²) >= 11 is 0. The van der Waals surface area contributed by atoms with E-state index >= 15 is 0 Å². The molecule has 4 nitrogen and oxygen atoms in total. The van der Waals surface area contributed by atoms with E-state index in [1.807, 2.05) is 0 Å². The molecule has 1 aliphatic rings. The first-order chi connectivity index (χ1) is 8.58. The summed E-state index contributed by atoms with van der Waals surface area (Å²) in [5.74, 6) is 0. The average molecular weight is 282 g/mol. The van der Waals surface area contributed by atoms with Crippen LogP contribution in [0.25, 0.3) is 0 Å². The van der Waals surface area contributed by atoms with E-state index in [4.69, 9.17) is 4.74 Å². The number of rotatable bonds is 2. The van der Waals surface area contributed by atoms with Gasteiger partial charge in [0.1, 0.15) is 5.60 Å². The lowest BCUT2D eigenvalue weighted by atomic mass is 10.1. The molecule has 0 aromatic rings. The zero-order valence-electron chi connectivity index (χ0n) is 11.5. The molecule has 1 fully saturated rings. The first kappa shape index (κ1) is 16.1. The maximum atomic E-state index is 12.2. The molecule has 0 saturated carbocycles. The van der Waals surface area contributed by atoms with Gasteiger partial charge in [-0.05, 0) is 40.0 Å². The molecule has 0 spiro atoms. The predicted octanol–water partition coefficient (Wildman–Crippen LogP) is 2.89. The van der Waals surface area contributed by atoms with Gasteiger partial charge < -0.3 is 4.74 Å². The van der Waals surface area contributed by atoms with Crippen molar-refractivity contribution in [3.63, 3.8) is 0 Å². The van der Waals surface area contributed by atoms with Gasteiger partial charge in [-0.25, -0.2) is 4.79 Å². The summed E-state index contributed by atoms with van der Waals surface area (Å²) in [5.41, 5.74) is -0.650. The number of amides is 1. The third-order valence-corrected chi connectivity index (χ3v) is 2.67. The molecule has 1 heterocycles. The van der Waals surface area contributed by atoms with Crippen LogP contribution in [0.2, 0.25) is 0 Å². The molecule has 0 aromatic carbocycles. The van der Waals surface area contributed by atoms with E-state index in [9.17, 15) is 18.0 Å². The number of carbonyl (C=O) groups excluding carboxylic acids is 1. The summed E-state index contributed by atoms with van der Waals surface area (Å²) in [7, 11) is 0. The van der Waals surface area contributed by atoms with Crippen LogP contribution in [0.5, 0.6) is 0 Å². The number of carbonyl (C=O) groups is 1. The van der Waals surface area contributed by atoms with E-state index < -0.39 is 30.6 Å². The largest absolute Gasteiger partial charge is 0.444 e. The molecule has 7 heteroatoms. The monoisotopic (exact) mass is 282 g/mol. The van der Waals surface area contributed by atoms with Crippen molar-refractivity contribution in [1.82, 2.24) is 10.2 Å². The molecule has 1 aliphatic heterocycles. The van der Waals surface area contributed by atoms with Crippen molar-refractivity contribution in [1.29, 1.82) is 0 Å². The van der Waals surface area contributed by atoms with Gasteiger partial charge in [0.05, 0.1) is 12.7 Å². The Bertz CT molecular complexity index is 313. The highest BCUT2D eigenvalue weighted by molar-refractivity contribution is 5.68. The molecule has 1 amide bonds. The van der Waals surface area contributed by atoms with Crippen molar-refractivity contribution in [3.8, 4) is 0 Å². The molecule has 1 saturated heterocycles. The molecular formula is C12H21F3N2O2. The molecule has 0 aliphatic carbocycles. The molecule has 0 aromatic heterocycles. The van der Waals surface area contributed by atoms with Gasteiger partial charge in [0.15, 0.2) is 0 Å². The Kier molecular flexibility index (Phi) is 5.06. The van der Waals surface area contributed by atoms with E-state index in [0.717, 1.165) is 12.8 Å². The van der Waals surface area contributed by atoms with Gasteiger partial charge in [-0.3, -0.25) is 10.2 Å². The minimum atomic E-state index is -4.28. The molecule has 1 atom stereocenters. The summed E-state index contributed by atoms with van der Waals surface area (Å²) in [6.07, 6.45) is -3.36. The Morgan fingerprint density at radius 1 is 1.32 bits per heavy atom. The van der Waals surface area contributed by atoms with Crippen LogP contribution in [0.3, 0.4) is 0 Å². The number of likely N-dealkylation sites (tertiary alicyclic amines) is 1. The Hall–Kier alpha value is -0.980. The third-order valence-electron chi connectivity index (χ3n) is 2.67. The summed E-state index contributed by atoms with van der Waals surface area (Å²) < 4.78 is 41.8. The molecule has 19 heavy (non-hydrogen) atoms. The first-order valence-electron chi connectivity index (χ1n) is 6.38. The quantitative estimate of drug-likeness (QED) is 0.846. The Morgan fingerprint density at radius 2 is 1.95 bits per heavy atom. The van der Waals surface area contributed by atoms with E-state index in [-0.39, 0.29) is 0 Å². The zero-order chi connectivity index (χ0) is 14.7. The van der Waals surface area contributed by atoms with Crippen molar-refractivity contribution in [2.45, 2.75) is 58.0 Å². The number of nitrogens with one attached hydrogen (secondary N) is 1. The van der Waals surface area contributed by atoms with Crippen LogP contribution in [-0.2, 0) is 4.74 Å². The highest BCUT2D eigenvalue weighted by atomic mass is 19.4. The molecule has 112 valence electrons. The van der Waals surface area contributed by atoms with Crippen molar-refractivity contribution < 1.29 is 22.7 Å². The summed E-state index contributed by atoms with van der Waals surface area (Å²) in [6, 6.07) is 0. The number of ether oxygens (including phenoxy) is 1. The molecule has 0 radical (unpaired) electrons. The van der Waals surface area contributed by atoms with Crippen LogP contribution >= 0.6 is 0 Å². The van der Waals surface area contributed by atoms with Gasteiger partial charge in [0.2, 0.25) is 0 Å². The van der Waals surface area contributed by atoms with Gasteiger partial charge >= 0.3 is 12.3 Å². The van der Waals surface area contributed by atoms with Crippen LogP contribution in [0.4, 0.5) is 18.0 Å². The second kappa shape index (κ2) is 5.98. The van der Waals surface area contributed by atoms with Gasteiger partial charge in [0.25, 0.3) is 0 Å². The standard InChI is InChI=1S/C12H21F3N2O2/c1-11(2,3)19-10(18)17-7-5-4-6-9(17)16-8-12(13,14)15/h9,16H,4-8H2,1-3H3. The molecule has 1 unspecified atom stereocenters. The van der Waals surface area contributed by atoms with E-state index in [2.05, 4.69) is 5.32 Å². The van der Waals surface area contributed by atoms with Gasteiger partial charge in [-0.15, -0.1) is 0 Å². The van der Waals surface area contributed by atoms with Crippen LogP contribution in [-0.4, -0.2) is 42.0 Å². The molecule has 1 rings (SSSR count). The number of nitrogens with zero attached hydrogens (tertiary/aromatic N) is 1. The summed E-state index contributed by atoms with van der Waals surface area (Å²) in [4.78, 5) is 13.3. The Labute approximate surface area is 111 Å². The van der Waals surface area contributed by atoms with Crippen LogP contribution in [0.1, 0.15) is 40.0 Å². The maximum absolute atomic E-state index is 12.2. The second-order valence-corrected chi connectivity index (χ2v) is 5.68. The fourth-order valence-electron chi connectivity index (χ4n) is 1.92. The molecule has 1 N–H and O–H groups in total. The minimum absolute atomic E-state index is 0.421. The number of piperidine rings is 1. The Balaban J connectivity index is 2.59. The number of alkyl halides is 3. The number of hydrogen-bond donors (Lipinski definition) is 1. The number of halogens is 3. The zero-order valence-corrected chi connectivity index (χ0v) is 11.5. The SMILES string of the molecule is CC(C)(C)OC(=O)N1CCCCC1NCC(F)(F)F. The average Bonchev–Trinajstić information content (AvgIpc) is 2.23. The van der Waals surface area contributed by atoms with Gasteiger partial charge in [0, 0.05) is 6.54 Å². The molecule has 0 bridgehead atoms. The second-order valence-electron chi connectivity index (χ2n) is 5.68. The van der Waals surface area contributed by atoms with Gasteiger partial charge in [-0.2, -0.15) is 13.2 Å². The summed E-state index contributed by atoms with van der Waals surface area (Å²) in [6.45, 7) is 4.51. The first-order valence-corrected chi connectivity index (χ1v) is 6.38. The topological polar surface area (TPSA) is 41.6 Å². The fourth-order valence-corrected chi connectivity index (χ4v) is 1.92. The lowest BCUT2D eigenvalue weighted by Crippen LogP contribution is -2.54. The smallest absolute Gasteiger partial charge is 0.411 e. The highest BCUT2D eigenvalue weighted by Gasteiger charge is 2.34. The number of hydrogen-bond acceptors (Lipinski definition) is 3. The van der Waals surface area contributed by atoms with E-state index in [0.29, 0.717) is 13.0 Å². The summed E-state index contributed by atoms with van der Waals surface area (Å²) in [5, 5.41) is 2.38. The third kappa shape index (κ3) is 6.13. The minimum Gasteiger partial charge on any atom is -0.444 e. The fraction of sp³-hybridized carbons (Fsp3) is 0.917. The van der Waals surface area contributed by atoms with Crippen molar-refractivity contribution >= 4 is 6.09 Å². The van der Waals surface area contributed by atoms with Crippen LogP contribution < -0.4 is 5.32 Å². The van der Waals surface area contributed by atoms with E-state index in [1.165, 1.54) is 4.90 Å². The maximum Gasteiger partial charge on any atom is 0.411 e. The lowest BCUT2D eigenvalue weighted by Gasteiger charge is -2.37. The normalized spacial score (nSPS) is 21.4. The van der Waals surface area contributed by atoms with Crippen molar-refractivity contribution in [3.05, 3.63) is 0 Å². The van der Waals surface area contributed by atoms with Crippen molar-refractivity contribution in [2.75, 3.05) is 13.1 Å². The Morgan fingerprint density at radius 3 is 2.47 bits per heavy atom. The predicted molar refractivity (Wildman–Crippen MR) is 64.6 cm³/mol. The van der Waals surface area contributed by atoms with E-state index in [1.54, 1.807) is 20.8 Å². The highest BCUT2D eigenvalue weighted by Crippen LogP contribution is 2.20.